The SMILES string of the molecule is CC(C)CC(NC(=O)C(Cc1c[nH]c2ccccc12)NC(=O)C(C)NC(=O)C1CCCN1)C(=O)O. The summed E-state index contributed by atoms with van der Waals surface area (Å²) in [7, 11) is 0. The number of amides is 3. The number of hydrogen-bond donors (Lipinski definition) is 6. The minimum Gasteiger partial charge on any atom is -0.480 e. The van der Waals surface area contributed by atoms with Gasteiger partial charge in [0.1, 0.15) is 18.1 Å². The maximum absolute atomic E-state index is 13.2. The fourth-order valence-electron chi connectivity index (χ4n) is 4.28. The first-order valence-electron chi connectivity index (χ1n) is 12.1. The maximum Gasteiger partial charge on any atom is 0.326 e. The monoisotopic (exact) mass is 485 g/mol. The lowest BCUT2D eigenvalue weighted by atomic mass is 10.0. The molecule has 1 aliphatic heterocycles. The summed E-state index contributed by atoms with van der Waals surface area (Å²) in [5.74, 6) is -2.45. The molecule has 4 atom stereocenters. The fourth-order valence-corrected chi connectivity index (χ4v) is 4.28. The topological polar surface area (TPSA) is 152 Å². The first kappa shape index (κ1) is 26.2. The molecule has 0 radical (unpaired) electrons. The van der Waals surface area contributed by atoms with Gasteiger partial charge in [-0.2, -0.15) is 0 Å². The zero-order chi connectivity index (χ0) is 25.5. The number of nitrogens with one attached hydrogen (secondary N) is 5. The van der Waals surface area contributed by atoms with Crippen LogP contribution in [0.4, 0.5) is 0 Å². The Morgan fingerprint density at radius 1 is 1.03 bits per heavy atom. The molecule has 3 rings (SSSR count). The van der Waals surface area contributed by atoms with Crippen molar-refractivity contribution in [3.05, 3.63) is 36.0 Å². The van der Waals surface area contributed by atoms with Gasteiger partial charge < -0.3 is 31.4 Å². The van der Waals surface area contributed by atoms with E-state index in [1.807, 2.05) is 38.1 Å². The number of hydrogen-bond acceptors (Lipinski definition) is 5. The standard InChI is InChI=1S/C25H35N5O5/c1-14(2)11-21(25(34)35)30-24(33)20(12-16-13-27-18-8-5-4-7-17(16)18)29-22(31)15(3)28-23(32)19-9-6-10-26-19/h4-5,7-8,13-15,19-21,26-27H,6,9-12H2,1-3H3,(H,28,32)(H,29,31)(H,30,33)(H,34,35). The van der Waals surface area contributed by atoms with E-state index in [0.29, 0.717) is 6.42 Å². The first-order valence-corrected chi connectivity index (χ1v) is 12.1. The predicted octanol–water partition coefficient (Wildman–Crippen LogP) is 1.07. The van der Waals surface area contributed by atoms with Crippen LogP contribution < -0.4 is 21.3 Å². The van der Waals surface area contributed by atoms with Crippen LogP contribution in [0.2, 0.25) is 0 Å². The van der Waals surface area contributed by atoms with Gasteiger partial charge in [-0.15, -0.1) is 0 Å². The first-order chi connectivity index (χ1) is 16.7. The Labute approximate surface area is 204 Å². The summed E-state index contributed by atoms with van der Waals surface area (Å²) in [6, 6.07) is 4.29. The van der Waals surface area contributed by atoms with E-state index < -0.39 is 35.9 Å². The molecule has 0 bridgehead atoms. The minimum absolute atomic E-state index is 0.0532. The van der Waals surface area contributed by atoms with Crippen LogP contribution in [0.3, 0.4) is 0 Å². The smallest absolute Gasteiger partial charge is 0.326 e. The molecular weight excluding hydrogens is 450 g/mol. The summed E-state index contributed by atoms with van der Waals surface area (Å²) in [4.78, 5) is 53.4. The van der Waals surface area contributed by atoms with Crippen LogP contribution in [0.15, 0.2) is 30.5 Å². The van der Waals surface area contributed by atoms with Crippen molar-refractivity contribution in [2.24, 2.45) is 5.92 Å². The number of carboxylic acid groups (broad SMARTS) is 1. The number of rotatable bonds is 11. The molecule has 1 aromatic carbocycles. The van der Waals surface area contributed by atoms with Gasteiger partial charge in [0, 0.05) is 23.5 Å². The van der Waals surface area contributed by atoms with E-state index in [1.165, 1.54) is 0 Å². The van der Waals surface area contributed by atoms with E-state index in [4.69, 9.17) is 0 Å². The molecule has 2 aromatic rings. The highest BCUT2D eigenvalue weighted by Gasteiger charge is 2.30. The van der Waals surface area contributed by atoms with Gasteiger partial charge in [-0.3, -0.25) is 14.4 Å². The zero-order valence-electron chi connectivity index (χ0n) is 20.4. The summed E-state index contributed by atoms with van der Waals surface area (Å²) >= 11 is 0. The normalized spacial score (nSPS) is 18.1. The second-order valence-corrected chi connectivity index (χ2v) is 9.53. The Morgan fingerprint density at radius 2 is 1.74 bits per heavy atom. The maximum atomic E-state index is 13.2. The molecule has 1 aliphatic rings. The Kier molecular flexibility index (Phi) is 8.86. The molecule has 1 aromatic heterocycles. The lowest BCUT2D eigenvalue weighted by molar-refractivity contribution is -0.142. The van der Waals surface area contributed by atoms with Crippen molar-refractivity contribution in [2.75, 3.05) is 6.54 Å². The van der Waals surface area contributed by atoms with Gasteiger partial charge in [-0.1, -0.05) is 32.0 Å². The fraction of sp³-hybridized carbons (Fsp3) is 0.520. The van der Waals surface area contributed by atoms with Crippen LogP contribution >= 0.6 is 0 Å². The Morgan fingerprint density at radius 3 is 2.40 bits per heavy atom. The molecule has 10 nitrogen and oxygen atoms in total. The van der Waals surface area contributed by atoms with Crippen molar-refractivity contribution < 1.29 is 24.3 Å². The molecule has 4 unspecified atom stereocenters. The van der Waals surface area contributed by atoms with E-state index in [-0.39, 0.29) is 30.7 Å². The summed E-state index contributed by atoms with van der Waals surface area (Å²) in [6.45, 7) is 6.06. The van der Waals surface area contributed by atoms with Crippen LogP contribution in [-0.2, 0) is 25.6 Å². The summed E-state index contributed by atoms with van der Waals surface area (Å²) in [5, 5.41) is 21.5. The highest BCUT2D eigenvalue weighted by molar-refractivity contribution is 5.94. The predicted molar refractivity (Wildman–Crippen MR) is 132 cm³/mol. The minimum atomic E-state index is -1.13. The van der Waals surface area contributed by atoms with Gasteiger partial charge in [0.2, 0.25) is 17.7 Å². The van der Waals surface area contributed by atoms with Gasteiger partial charge in [-0.25, -0.2) is 4.79 Å². The average Bonchev–Trinajstić information content (AvgIpc) is 3.48. The number of aromatic amines is 1. The van der Waals surface area contributed by atoms with E-state index in [0.717, 1.165) is 29.4 Å². The van der Waals surface area contributed by atoms with Crippen LogP contribution in [0.25, 0.3) is 10.9 Å². The van der Waals surface area contributed by atoms with Crippen molar-refractivity contribution in [3.8, 4) is 0 Å². The largest absolute Gasteiger partial charge is 0.480 e. The third-order valence-corrected chi connectivity index (χ3v) is 6.18. The van der Waals surface area contributed by atoms with Gasteiger partial charge in [0.15, 0.2) is 0 Å². The number of carbonyl (C=O) groups is 4. The second-order valence-electron chi connectivity index (χ2n) is 9.53. The molecule has 3 amide bonds. The Bertz CT molecular complexity index is 1060. The molecule has 1 fully saturated rings. The quantitative estimate of drug-likeness (QED) is 0.280. The molecular formula is C25H35N5O5. The number of aromatic nitrogens is 1. The van der Waals surface area contributed by atoms with Crippen LogP contribution in [-0.4, -0.2) is 64.5 Å². The lowest BCUT2D eigenvalue weighted by Crippen LogP contribution is -2.57. The highest BCUT2D eigenvalue weighted by Crippen LogP contribution is 2.19. The van der Waals surface area contributed by atoms with Gasteiger partial charge >= 0.3 is 5.97 Å². The van der Waals surface area contributed by atoms with Crippen LogP contribution in [0.1, 0.15) is 45.6 Å². The Balaban J connectivity index is 1.75. The number of H-pyrrole nitrogens is 1. The molecule has 2 heterocycles. The molecule has 35 heavy (non-hydrogen) atoms. The molecule has 6 N–H and O–H groups in total. The number of carboxylic acids is 1. The molecule has 0 spiro atoms. The van der Waals surface area contributed by atoms with Gasteiger partial charge in [0.25, 0.3) is 0 Å². The molecule has 0 aliphatic carbocycles. The number of aliphatic carboxylic acids is 1. The number of para-hydroxylation sites is 1. The third kappa shape index (κ3) is 7.05. The summed E-state index contributed by atoms with van der Waals surface area (Å²) < 4.78 is 0. The van der Waals surface area contributed by atoms with Crippen LogP contribution in [0.5, 0.6) is 0 Å². The molecule has 10 heteroatoms. The zero-order valence-corrected chi connectivity index (χ0v) is 20.4. The Hall–Kier alpha value is -3.40. The van der Waals surface area contributed by atoms with E-state index in [1.54, 1.807) is 13.1 Å². The van der Waals surface area contributed by atoms with E-state index in [9.17, 15) is 24.3 Å². The van der Waals surface area contributed by atoms with Gasteiger partial charge in [-0.05, 0) is 50.3 Å². The van der Waals surface area contributed by atoms with Crippen LogP contribution in [0, 0.1) is 5.92 Å². The number of fused-ring (bicyclic) bond motifs is 1. The third-order valence-electron chi connectivity index (χ3n) is 6.18. The van der Waals surface area contributed by atoms with Crippen molar-refractivity contribution in [1.29, 1.82) is 0 Å². The van der Waals surface area contributed by atoms with Gasteiger partial charge in [0.05, 0.1) is 6.04 Å². The average molecular weight is 486 g/mol. The number of carbonyl (C=O) groups excluding carboxylic acids is 3. The van der Waals surface area contributed by atoms with E-state index >= 15 is 0 Å². The van der Waals surface area contributed by atoms with E-state index in [2.05, 4.69) is 26.3 Å². The molecule has 190 valence electrons. The lowest BCUT2D eigenvalue weighted by Gasteiger charge is -2.24. The van der Waals surface area contributed by atoms with Crippen molar-refractivity contribution in [2.45, 2.75) is 70.6 Å². The number of benzene rings is 1. The highest BCUT2D eigenvalue weighted by atomic mass is 16.4. The molecule has 1 saturated heterocycles. The van der Waals surface area contributed by atoms with Crippen molar-refractivity contribution in [3.63, 3.8) is 0 Å². The summed E-state index contributed by atoms with van der Waals surface area (Å²) in [5.41, 5.74) is 1.70. The molecule has 0 saturated carbocycles. The van der Waals surface area contributed by atoms with Crippen molar-refractivity contribution >= 4 is 34.6 Å². The van der Waals surface area contributed by atoms with Crippen molar-refractivity contribution in [1.82, 2.24) is 26.3 Å². The summed E-state index contributed by atoms with van der Waals surface area (Å²) in [6.07, 6.45) is 3.79. The second kappa shape index (κ2) is 11.8.